The minimum Gasteiger partial charge on any atom is -0.480 e. The second-order valence-corrected chi connectivity index (χ2v) is 16.2. The molecule has 0 aromatic rings. The van der Waals surface area contributed by atoms with Gasteiger partial charge in [0.25, 0.3) is 0 Å². The summed E-state index contributed by atoms with van der Waals surface area (Å²) in [7, 11) is 0. The number of carboxylic acids is 1. The van der Waals surface area contributed by atoms with E-state index in [2.05, 4.69) is 21.3 Å². The van der Waals surface area contributed by atoms with E-state index in [0.29, 0.717) is 96.7 Å². The molecule has 0 bridgehead atoms. The molecule has 61 heavy (non-hydrogen) atoms. The fourth-order valence-corrected chi connectivity index (χ4v) is 9.20. The summed E-state index contributed by atoms with van der Waals surface area (Å²) in [4.78, 5) is 137. The molecular formula is C39H61N11O11. The highest BCUT2D eigenvalue weighted by Crippen LogP contribution is 2.27. The Morgan fingerprint density at radius 2 is 0.951 bits per heavy atom. The molecule has 5 aliphatic heterocycles. The van der Waals surface area contributed by atoms with Crippen LogP contribution in [0.4, 0.5) is 0 Å². The Morgan fingerprint density at radius 1 is 0.525 bits per heavy atom. The highest BCUT2D eigenvalue weighted by atomic mass is 16.4. The Bertz CT molecular complexity index is 1700. The smallest absolute Gasteiger partial charge is 0.322 e. The summed E-state index contributed by atoms with van der Waals surface area (Å²) in [6.45, 7) is 0.201. The molecule has 9 amide bonds. The lowest BCUT2D eigenvalue weighted by atomic mass is 10.1. The van der Waals surface area contributed by atoms with Crippen LogP contribution in [-0.4, -0.2) is 190 Å². The summed E-state index contributed by atoms with van der Waals surface area (Å²) >= 11 is 0. The van der Waals surface area contributed by atoms with Crippen LogP contribution >= 0.6 is 0 Å². The third-order valence-electron chi connectivity index (χ3n) is 12.2. The van der Waals surface area contributed by atoms with Gasteiger partial charge in [0.15, 0.2) is 0 Å². The van der Waals surface area contributed by atoms with Gasteiger partial charge in [-0.1, -0.05) is 0 Å². The van der Waals surface area contributed by atoms with Crippen LogP contribution in [0.3, 0.4) is 0 Å². The largest absolute Gasteiger partial charge is 0.480 e. The number of rotatable bonds is 18. The first-order valence-corrected chi connectivity index (χ1v) is 21.5. The predicted octanol–water partition coefficient (Wildman–Crippen LogP) is -4.05. The van der Waals surface area contributed by atoms with Gasteiger partial charge in [0.2, 0.25) is 53.2 Å². The van der Waals surface area contributed by atoms with Gasteiger partial charge in [0.05, 0.1) is 19.6 Å². The minimum atomic E-state index is -1.22. The number of amides is 9. The topological polar surface area (TPSA) is 307 Å². The minimum absolute atomic E-state index is 0.214. The maximum atomic E-state index is 13.9. The molecule has 0 spiro atoms. The zero-order valence-electron chi connectivity index (χ0n) is 34.6. The van der Waals surface area contributed by atoms with Gasteiger partial charge in [-0.3, -0.25) is 47.9 Å². The number of carbonyl (C=O) groups is 10. The number of nitrogens with one attached hydrogen (secondary N) is 4. The van der Waals surface area contributed by atoms with Crippen LogP contribution in [0.25, 0.3) is 0 Å². The molecule has 5 aliphatic rings. The molecule has 5 heterocycles. The van der Waals surface area contributed by atoms with Crippen LogP contribution in [0.1, 0.15) is 83.5 Å². The van der Waals surface area contributed by atoms with E-state index in [-0.39, 0.29) is 44.4 Å². The van der Waals surface area contributed by atoms with Crippen molar-refractivity contribution in [2.75, 3.05) is 65.4 Å². The molecule has 0 aromatic heterocycles. The van der Waals surface area contributed by atoms with Crippen LogP contribution in [-0.2, 0) is 47.9 Å². The monoisotopic (exact) mass is 859 g/mol. The van der Waals surface area contributed by atoms with E-state index in [0.717, 1.165) is 0 Å². The third kappa shape index (κ3) is 11.5. The first kappa shape index (κ1) is 46.7. The molecule has 0 aromatic carbocycles. The van der Waals surface area contributed by atoms with Crippen molar-refractivity contribution in [1.82, 2.24) is 45.8 Å². The predicted molar refractivity (Wildman–Crippen MR) is 214 cm³/mol. The number of unbranched alkanes of at least 4 members (excludes halogenated alkanes) is 1. The number of aliphatic carboxylic acids is 1. The van der Waals surface area contributed by atoms with E-state index >= 15 is 0 Å². The molecule has 6 atom stereocenters. The zero-order valence-corrected chi connectivity index (χ0v) is 34.6. The summed E-state index contributed by atoms with van der Waals surface area (Å²) in [5.41, 5.74) is 11.2. The van der Waals surface area contributed by atoms with Gasteiger partial charge >= 0.3 is 5.97 Å². The Morgan fingerprint density at radius 3 is 1.44 bits per heavy atom. The van der Waals surface area contributed by atoms with E-state index in [4.69, 9.17) is 16.6 Å². The first-order valence-electron chi connectivity index (χ1n) is 21.5. The second kappa shape index (κ2) is 21.9. The van der Waals surface area contributed by atoms with Crippen LogP contribution in [0, 0.1) is 0 Å². The van der Waals surface area contributed by atoms with Crippen LogP contribution < -0.4 is 32.7 Å². The fraction of sp³-hybridized carbons (Fsp3) is 0.744. The number of carboxylic acid groups (broad SMARTS) is 1. The summed E-state index contributed by atoms with van der Waals surface area (Å²) in [5, 5.41) is 19.2. The number of nitrogens with two attached hydrogens (primary N) is 2. The summed E-state index contributed by atoms with van der Waals surface area (Å²) < 4.78 is 0. The number of nitrogens with zero attached hydrogens (tertiary/aromatic N) is 5. The number of likely N-dealkylation sites (tertiary alicyclic amines) is 5. The highest BCUT2D eigenvalue weighted by Gasteiger charge is 2.44. The standard InChI is InChI=1S/C39H61N11O11/c40-14-2-1-8-24(37(59)48-17-3-9-25(48)36(58)44-23-33(54)55)45-30(51)21-42-34(56)26-10-4-18-49(26)39(61)29-13-7-16-47(29)32(53)22-43-35(57)27-11-5-19-50(27)38(60)28-12-6-15-46(28)31(52)20-41/h24-29H,1-23,40-41H2,(H,42,56)(H,43,57)(H,44,58)(H,45,51)(H,54,55)/t24-,25-,26-,27-,28-,29-/m0/s1. The summed E-state index contributed by atoms with van der Waals surface area (Å²) in [5.74, 6) is -5.61. The maximum absolute atomic E-state index is 13.9. The Labute approximate surface area is 354 Å². The lowest BCUT2D eigenvalue weighted by Gasteiger charge is -2.32. The van der Waals surface area contributed by atoms with Gasteiger partial charge in [-0.25, -0.2) is 0 Å². The molecule has 9 N–H and O–H groups in total. The van der Waals surface area contributed by atoms with E-state index in [1.54, 1.807) is 0 Å². The lowest BCUT2D eigenvalue weighted by molar-refractivity contribution is -0.147. The maximum Gasteiger partial charge on any atom is 0.322 e. The van der Waals surface area contributed by atoms with Crippen molar-refractivity contribution in [1.29, 1.82) is 0 Å². The normalized spacial score (nSPS) is 24.1. The number of carbonyl (C=O) groups excluding carboxylic acids is 9. The molecule has 0 saturated carbocycles. The molecule has 0 radical (unpaired) electrons. The molecular weight excluding hydrogens is 798 g/mol. The van der Waals surface area contributed by atoms with E-state index in [1.807, 2.05) is 0 Å². The molecule has 22 heteroatoms. The van der Waals surface area contributed by atoms with Crippen LogP contribution in [0.2, 0.25) is 0 Å². The van der Waals surface area contributed by atoms with Gasteiger partial charge in [-0.2, -0.15) is 0 Å². The van der Waals surface area contributed by atoms with Gasteiger partial charge in [-0.05, 0) is 90.0 Å². The Balaban J connectivity index is 1.12. The Hall–Kier alpha value is -5.38. The van der Waals surface area contributed by atoms with Crippen molar-refractivity contribution in [3.8, 4) is 0 Å². The number of hydrogen-bond donors (Lipinski definition) is 7. The molecule has 22 nitrogen and oxygen atoms in total. The summed E-state index contributed by atoms with van der Waals surface area (Å²) in [6.07, 6.45) is 5.98. The van der Waals surface area contributed by atoms with Crippen molar-refractivity contribution >= 4 is 59.1 Å². The van der Waals surface area contributed by atoms with Crippen LogP contribution in [0.5, 0.6) is 0 Å². The lowest BCUT2D eigenvalue weighted by Crippen LogP contribution is -2.56. The molecule has 0 aliphatic carbocycles. The van der Waals surface area contributed by atoms with Crippen molar-refractivity contribution in [2.45, 2.75) is 120 Å². The van der Waals surface area contributed by atoms with Gasteiger partial charge in [-0.15, -0.1) is 0 Å². The quantitative estimate of drug-likeness (QED) is 0.0647. The van der Waals surface area contributed by atoms with E-state index in [1.165, 1.54) is 24.5 Å². The molecule has 5 rings (SSSR count). The molecule has 5 fully saturated rings. The first-order chi connectivity index (χ1) is 29.3. The van der Waals surface area contributed by atoms with Crippen molar-refractivity contribution in [3.63, 3.8) is 0 Å². The fourth-order valence-electron chi connectivity index (χ4n) is 9.20. The average molecular weight is 860 g/mol. The van der Waals surface area contributed by atoms with E-state index < -0.39 is 103 Å². The van der Waals surface area contributed by atoms with Crippen molar-refractivity contribution < 1.29 is 53.1 Å². The van der Waals surface area contributed by atoms with Gasteiger partial charge in [0, 0.05) is 32.7 Å². The van der Waals surface area contributed by atoms with Gasteiger partial charge in [0.1, 0.15) is 42.8 Å². The number of hydrogen-bond acceptors (Lipinski definition) is 12. The highest BCUT2D eigenvalue weighted by molar-refractivity contribution is 5.97. The van der Waals surface area contributed by atoms with Crippen molar-refractivity contribution in [3.05, 3.63) is 0 Å². The second-order valence-electron chi connectivity index (χ2n) is 16.2. The van der Waals surface area contributed by atoms with E-state index in [9.17, 15) is 47.9 Å². The molecule has 5 saturated heterocycles. The average Bonchev–Trinajstić information content (AvgIpc) is 4.11. The van der Waals surface area contributed by atoms with Gasteiger partial charge < -0.3 is 62.3 Å². The SMILES string of the molecule is NCCCC[C@H](NC(=O)CNC(=O)[C@@H]1CCCN1C(=O)[C@@H]1CCCN1C(=O)CNC(=O)[C@@H]1CCCN1C(=O)[C@@H]1CCCN1C(=O)CN)C(=O)N1CCC[C@H]1C(=O)NCC(=O)O. The molecule has 0 unspecified atom stereocenters. The molecule has 338 valence electrons. The summed E-state index contributed by atoms with van der Waals surface area (Å²) in [6, 6.07) is -5.17. The van der Waals surface area contributed by atoms with Crippen LogP contribution in [0.15, 0.2) is 0 Å². The zero-order chi connectivity index (χ0) is 44.2. The third-order valence-corrected chi connectivity index (χ3v) is 12.2. The van der Waals surface area contributed by atoms with Crippen molar-refractivity contribution in [2.24, 2.45) is 11.5 Å². The Kier molecular flexibility index (Phi) is 16.8.